The lowest BCUT2D eigenvalue weighted by Crippen LogP contribution is -2.14. The van der Waals surface area contributed by atoms with Crippen molar-refractivity contribution in [3.63, 3.8) is 0 Å². The molecule has 2 N–H and O–H groups in total. The molecule has 19 heavy (non-hydrogen) atoms. The number of carbonyl (C=O) groups is 1. The number of phenolic OH excluding ortho intramolecular Hbond substituents is 1. The van der Waals surface area contributed by atoms with Crippen LogP contribution in [0.25, 0.3) is 0 Å². The third-order valence-corrected chi connectivity index (χ3v) is 2.60. The molecule has 0 aliphatic rings. The number of amides is 1. The van der Waals surface area contributed by atoms with Crippen molar-refractivity contribution in [2.75, 3.05) is 5.32 Å². The number of rotatable bonds is 3. The molecule has 0 unspecified atom stereocenters. The van der Waals surface area contributed by atoms with Gasteiger partial charge >= 0.3 is 0 Å². The van der Waals surface area contributed by atoms with Gasteiger partial charge in [-0.05, 0) is 48.4 Å². The molecule has 0 aliphatic heterocycles. The molecule has 2 aromatic rings. The van der Waals surface area contributed by atoms with Crippen LogP contribution in [-0.4, -0.2) is 11.0 Å². The molecule has 0 bridgehead atoms. The molecule has 98 valence electrons. The zero-order valence-corrected chi connectivity index (χ0v) is 10.5. The normalized spacial score (nSPS) is 10.2. The van der Waals surface area contributed by atoms with Gasteiger partial charge in [-0.3, -0.25) is 4.79 Å². The van der Waals surface area contributed by atoms with Crippen LogP contribution < -0.4 is 5.32 Å². The lowest BCUT2D eigenvalue weighted by molar-refractivity contribution is -0.115. The summed E-state index contributed by atoms with van der Waals surface area (Å²) in [7, 11) is 0. The Kier molecular flexibility index (Phi) is 3.80. The molecule has 0 fully saturated rings. The third kappa shape index (κ3) is 3.81. The van der Waals surface area contributed by atoms with Crippen molar-refractivity contribution in [3.05, 3.63) is 59.4 Å². The topological polar surface area (TPSA) is 49.3 Å². The highest BCUT2D eigenvalue weighted by molar-refractivity contribution is 5.92. The Morgan fingerprint density at radius 1 is 1.26 bits per heavy atom. The summed E-state index contributed by atoms with van der Waals surface area (Å²) in [5, 5.41) is 11.9. The maximum absolute atomic E-state index is 13.2. The molecule has 0 aliphatic carbocycles. The first-order valence-corrected chi connectivity index (χ1v) is 5.88. The third-order valence-electron chi connectivity index (χ3n) is 2.60. The first-order valence-electron chi connectivity index (χ1n) is 5.88. The molecule has 0 radical (unpaired) electrons. The van der Waals surface area contributed by atoms with Crippen LogP contribution >= 0.6 is 0 Å². The quantitative estimate of drug-likeness (QED) is 0.890. The molecule has 4 heteroatoms. The van der Waals surface area contributed by atoms with E-state index >= 15 is 0 Å². The number of phenols is 1. The van der Waals surface area contributed by atoms with Gasteiger partial charge in [0.05, 0.1) is 6.42 Å². The van der Waals surface area contributed by atoms with Gasteiger partial charge in [0, 0.05) is 5.69 Å². The fourth-order valence-corrected chi connectivity index (χ4v) is 1.87. The van der Waals surface area contributed by atoms with Gasteiger partial charge in [0.15, 0.2) is 0 Å². The van der Waals surface area contributed by atoms with Gasteiger partial charge in [0.25, 0.3) is 0 Å². The summed E-state index contributed by atoms with van der Waals surface area (Å²) in [6.07, 6.45) is 0.129. The molecular formula is C15H14FNO2. The molecule has 1 amide bonds. The average Bonchev–Trinajstić information content (AvgIpc) is 2.26. The van der Waals surface area contributed by atoms with Crippen LogP contribution in [0.1, 0.15) is 11.1 Å². The Hall–Kier alpha value is -2.36. The lowest BCUT2D eigenvalue weighted by Gasteiger charge is -2.07. The number of aryl methyl sites for hydroxylation is 1. The highest BCUT2D eigenvalue weighted by Crippen LogP contribution is 2.15. The first kappa shape index (κ1) is 13.1. The van der Waals surface area contributed by atoms with E-state index in [9.17, 15) is 14.3 Å². The van der Waals surface area contributed by atoms with Crippen LogP contribution in [-0.2, 0) is 11.2 Å². The Balaban J connectivity index is 2.05. The minimum atomic E-state index is -0.382. The minimum absolute atomic E-state index is 0.118. The summed E-state index contributed by atoms with van der Waals surface area (Å²) >= 11 is 0. The number of halogens is 1. The molecule has 0 spiro atoms. The maximum Gasteiger partial charge on any atom is 0.228 e. The maximum atomic E-state index is 13.2. The summed E-state index contributed by atoms with van der Waals surface area (Å²) in [5.41, 5.74) is 1.88. The number of hydrogen-bond acceptors (Lipinski definition) is 2. The smallest absolute Gasteiger partial charge is 0.228 e. The van der Waals surface area contributed by atoms with Gasteiger partial charge in [-0.15, -0.1) is 0 Å². The van der Waals surface area contributed by atoms with E-state index in [0.717, 1.165) is 5.56 Å². The summed E-state index contributed by atoms with van der Waals surface area (Å²) < 4.78 is 13.2. The van der Waals surface area contributed by atoms with E-state index in [-0.39, 0.29) is 23.9 Å². The predicted molar refractivity (Wildman–Crippen MR) is 71.6 cm³/mol. The molecule has 0 atom stereocenters. The molecule has 0 aromatic heterocycles. The van der Waals surface area contributed by atoms with Crippen LogP contribution in [0.5, 0.6) is 5.75 Å². The Morgan fingerprint density at radius 2 is 2.05 bits per heavy atom. The summed E-state index contributed by atoms with van der Waals surface area (Å²) in [6, 6.07) is 10.8. The van der Waals surface area contributed by atoms with E-state index in [1.165, 1.54) is 24.3 Å². The van der Waals surface area contributed by atoms with Crippen LogP contribution in [0.2, 0.25) is 0 Å². The molecule has 0 saturated heterocycles. The van der Waals surface area contributed by atoms with Gasteiger partial charge in [-0.2, -0.15) is 0 Å². The van der Waals surface area contributed by atoms with Crippen molar-refractivity contribution in [1.82, 2.24) is 0 Å². The van der Waals surface area contributed by atoms with Gasteiger partial charge in [0.1, 0.15) is 11.6 Å². The van der Waals surface area contributed by atoms with E-state index in [0.29, 0.717) is 11.3 Å². The second-order valence-electron chi connectivity index (χ2n) is 4.41. The van der Waals surface area contributed by atoms with Crippen molar-refractivity contribution in [1.29, 1.82) is 0 Å². The summed E-state index contributed by atoms with van der Waals surface area (Å²) in [6.45, 7) is 1.76. The highest BCUT2D eigenvalue weighted by Gasteiger charge is 2.06. The fraction of sp³-hybridized carbons (Fsp3) is 0.133. The van der Waals surface area contributed by atoms with Crippen LogP contribution in [0, 0.1) is 12.7 Å². The second-order valence-corrected chi connectivity index (χ2v) is 4.41. The first-order chi connectivity index (χ1) is 9.02. The van der Waals surface area contributed by atoms with Gasteiger partial charge in [0.2, 0.25) is 5.91 Å². The Bertz CT molecular complexity index is 591. The number of nitrogens with one attached hydrogen (secondary N) is 1. The second kappa shape index (κ2) is 5.52. The van der Waals surface area contributed by atoms with E-state index in [1.54, 1.807) is 25.1 Å². The standard InChI is InChI=1S/C15H14FNO2/c1-10-5-12(16)9-13(6-10)17-15(19)8-11-3-2-4-14(18)7-11/h2-7,9,18H,8H2,1H3,(H,17,19). The summed E-state index contributed by atoms with van der Waals surface area (Å²) in [4.78, 5) is 11.8. The van der Waals surface area contributed by atoms with Gasteiger partial charge in [-0.1, -0.05) is 12.1 Å². The molecular weight excluding hydrogens is 245 g/mol. The van der Waals surface area contributed by atoms with Crippen LogP contribution in [0.4, 0.5) is 10.1 Å². The van der Waals surface area contributed by atoms with Crippen LogP contribution in [0.3, 0.4) is 0 Å². The van der Waals surface area contributed by atoms with E-state index in [2.05, 4.69) is 5.32 Å². The number of anilines is 1. The zero-order valence-electron chi connectivity index (χ0n) is 10.5. The van der Waals surface area contributed by atoms with Crippen LogP contribution in [0.15, 0.2) is 42.5 Å². The minimum Gasteiger partial charge on any atom is -0.508 e. The number of carbonyl (C=O) groups excluding carboxylic acids is 1. The molecule has 2 aromatic carbocycles. The van der Waals surface area contributed by atoms with E-state index < -0.39 is 0 Å². The molecule has 2 rings (SSSR count). The van der Waals surface area contributed by atoms with E-state index in [1.807, 2.05) is 0 Å². The monoisotopic (exact) mass is 259 g/mol. The van der Waals surface area contributed by atoms with Gasteiger partial charge < -0.3 is 10.4 Å². The van der Waals surface area contributed by atoms with Crippen molar-refractivity contribution in [2.45, 2.75) is 13.3 Å². The van der Waals surface area contributed by atoms with Gasteiger partial charge in [-0.25, -0.2) is 4.39 Å². The van der Waals surface area contributed by atoms with E-state index in [4.69, 9.17) is 0 Å². The average molecular weight is 259 g/mol. The fourth-order valence-electron chi connectivity index (χ4n) is 1.87. The van der Waals surface area contributed by atoms with Crippen molar-refractivity contribution in [3.8, 4) is 5.75 Å². The largest absolute Gasteiger partial charge is 0.508 e. The Labute approximate surface area is 110 Å². The lowest BCUT2D eigenvalue weighted by atomic mass is 10.1. The Morgan fingerprint density at radius 3 is 2.74 bits per heavy atom. The van der Waals surface area contributed by atoms with Crippen molar-refractivity contribution in [2.24, 2.45) is 0 Å². The molecule has 0 heterocycles. The highest BCUT2D eigenvalue weighted by atomic mass is 19.1. The number of benzene rings is 2. The van der Waals surface area contributed by atoms with Crippen molar-refractivity contribution >= 4 is 11.6 Å². The van der Waals surface area contributed by atoms with Crippen molar-refractivity contribution < 1.29 is 14.3 Å². The zero-order chi connectivity index (χ0) is 13.8. The molecule has 0 saturated carbocycles. The molecule has 3 nitrogen and oxygen atoms in total. The SMILES string of the molecule is Cc1cc(F)cc(NC(=O)Cc2cccc(O)c2)c1. The summed E-state index contributed by atoms with van der Waals surface area (Å²) in [5.74, 6) is -0.518. The predicted octanol–water partition coefficient (Wildman–Crippen LogP) is 3.02. The number of hydrogen-bond donors (Lipinski definition) is 2. The number of aromatic hydroxyl groups is 1.